The Morgan fingerprint density at radius 2 is 0.875 bits per heavy atom. The van der Waals surface area contributed by atoms with Gasteiger partial charge in [0.25, 0.3) is 0 Å². The molecule has 0 unspecified atom stereocenters. The highest BCUT2D eigenvalue weighted by molar-refractivity contribution is 6.62. The van der Waals surface area contributed by atoms with E-state index in [2.05, 4.69) is 0 Å². The van der Waals surface area contributed by atoms with Gasteiger partial charge in [0, 0.05) is 26.6 Å². The number of hydrogen-bond acceptors (Lipinski definition) is 2. The normalized spacial score (nSPS) is 15.3. The fourth-order valence-electron chi connectivity index (χ4n) is 3.72. The molecule has 0 radical (unpaired) electrons. The number of nitrogens with zero attached hydrogens (tertiary/aromatic N) is 2. The average molecular weight is 539 g/mol. The Morgan fingerprint density at radius 3 is 1.25 bits per heavy atom. The molecule has 0 heterocycles. The van der Waals surface area contributed by atoms with Crippen LogP contribution in [0.4, 0.5) is 11.4 Å². The predicted molar refractivity (Wildman–Crippen MR) is 139 cm³/mol. The van der Waals surface area contributed by atoms with E-state index >= 15 is 0 Å². The van der Waals surface area contributed by atoms with Crippen molar-refractivity contribution in [1.82, 2.24) is 0 Å². The summed E-state index contributed by atoms with van der Waals surface area (Å²) in [5.74, 6) is 0. The topological polar surface area (TPSA) is 24.7 Å². The lowest BCUT2D eigenvalue weighted by molar-refractivity contribution is 1.50. The van der Waals surface area contributed by atoms with Crippen LogP contribution in [0.2, 0.25) is 30.1 Å². The van der Waals surface area contributed by atoms with Gasteiger partial charge in [-0.25, -0.2) is 9.98 Å². The van der Waals surface area contributed by atoms with Gasteiger partial charge in [-0.1, -0.05) is 106 Å². The Balaban J connectivity index is 1.84. The van der Waals surface area contributed by atoms with Crippen LogP contribution in [0.5, 0.6) is 0 Å². The van der Waals surface area contributed by atoms with Crippen LogP contribution in [0.15, 0.2) is 70.6 Å². The molecule has 0 amide bonds. The van der Waals surface area contributed by atoms with E-state index in [0.29, 0.717) is 52.9 Å². The van der Waals surface area contributed by atoms with Gasteiger partial charge in [-0.3, -0.25) is 0 Å². The summed E-state index contributed by atoms with van der Waals surface area (Å²) in [4.78, 5) is 9.69. The molecule has 0 spiro atoms. The molecule has 4 aromatic rings. The Morgan fingerprint density at radius 1 is 0.500 bits per heavy atom. The van der Waals surface area contributed by atoms with E-state index in [-0.39, 0.29) is 0 Å². The fourth-order valence-corrected chi connectivity index (χ4v) is 5.53. The van der Waals surface area contributed by atoms with E-state index in [1.807, 2.05) is 36.4 Å². The molecule has 5 rings (SSSR count). The van der Waals surface area contributed by atoms with E-state index in [1.165, 1.54) is 0 Å². The summed E-state index contributed by atoms with van der Waals surface area (Å²) in [5.41, 5.74) is 3.81. The summed E-state index contributed by atoms with van der Waals surface area (Å²) >= 11 is 37.9. The zero-order valence-corrected chi connectivity index (χ0v) is 20.5. The molecule has 0 saturated carbocycles. The van der Waals surface area contributed by atoms with E-state index in [9.17, 15) is 0 Å². The van der Waals surface area contributed by atoms with Crippen molar-refractivity contribution in [2.75, 3.05) is 0 Å². The number of halogens is 6. The molecule has 4 aromatic carbocycles. The fraction of sp³-hybridized carbons (Fsp3) is 0. The maximum absolute atomic E-state index is 6.43. The number of rotatable bonds is 2. The molecule has 0 atom stereocenters. The van der Waals surface area contributed by atoms with Crippen LogP contribution in [0.3, 0.4) is 0 Å². The first-order valence-corrected chi connectivity index (χ1v) is 11.6. The molecule has 0 bridgehead atoms. The number of hydrogen-bond donors (Lipinski definition) is 0. The summed E-state index contributed by atoms with van der Waals surface area (Å²) < 4.78 is 0. The molecule has 0 aliphatic heterocycles. The van der Waals surface area contributed by atoms with Crippen molar-refractivity contribution in [2.24, 2.45) is 9.98 Å². The van der Waals surface area contributed by atoms with Crippen LogP contribution in [0.25, 0.3) is 10.8 Å². The van der Waals surface area contributed by atoms with E-state index in [4.69, 9.17) is 79.6 Å². The highest BCUT2D eigenvalue weighted by atomic mass is 35.5. The van der Waals surface area contributed by atoms with Crippen molar-refractivity contribution < 1.29 is 0 Å². The molecule has 0 fully saturated rings. The molecular formula is C24H10Cl6N2. The quantitative estimate of drug-likeness (QED) is 0.242. The van der Waals surface area contributed by atoms with Crippen molar-refractivity contribution in [2.45, 2.75) is 0 Å². The summed E-state index contributed by atoms with van der Waals surface area (Å²) in [7, 11) is 0. The van der Waals surface area contributed by atoms with Gasteiger partial charge < -0.3 is 0 Å². The maximum Gasteiger partial charge on any atom is 0.101 e. The zero-order chi connectivity index (χ0) is 22.6. The van der Waals surface area contributed by atoms with Crippen LogP contribution in [0.1, 0.15) is 11.1 Å². The van der Waals surface area contributed by atoms with Gasteiger partial charge in [-0.15, -0.1) is 0 Å². The average Bonchev–Trinajstić information content (AvgIpc) is 3.02. The first-order valence-electron chi connectivity index (χ1n) is 9.33. The van der Waals surface area contributed by atoms with Crippen LogP contribution >= 0.6 is 69.6 Å². The minimum atomic E-state index is 0.333. The first-order chi connectivity index (χ1) is 15.3. The molecule has 158 valence electrons. The largest absolute Gasteiger partial charge is 0.243 e. The maximum atomic E-state index is 6.43. The smallest absolute Gasteiger partial charge is 0.101 e. The van der Waals surface area contributed by atoms with Gasteiger partial charge >= 0.3 is 0 Å². The van der Waals surface area contributed by atoms with Gasteiger partial charge in [-0.05, 0) is 29.7 Å². The Kier molecular flexibility index (Phi) is 5.88. The van der Waals surface area contributed by atoms with Crippen molar-refractivity contribution in [3.8, 4) is 0 Å². The van der Waals surface area contributed by atoms with E-state index in [0.717, 1.165) is 21.9 Å². The van der Waals surface area contributed by atoms with Gasteiger partial charge in [0.05, 0.1) is 31.5 Å². The van der Waals surface area contributed by atoms with Gasteiger partial charge in [0.1, 0.15) is 11.4 Å². The van der Waals surface area contributed by atoms with Crippen molar-refractivity contribution >= 4 is 103 Å². The van der Waals surface area contributed by atoms with E-state index < -0.39 is 0 Å². The summed E-state index contributed by atoms with van der Waals surface area (Å²) in [6, 6.07) is 18.4. The molecule has 0 saturated heterocycles. The second-order valence-corrected chi connectivity index (χ2v) is 9.57. The van der Waals surface area contributed by atoms with Gasteiger partial charge in [0.15, 0.2) is 0 Å². The highest BCUT2D eigenvalue weighted by Gasteiger charge is 2.28. The predicted octanol–water partition coefficient (Wildman–Crippen LogP) is 10.0. The lowest BCUT2D eigenvalue weighted by Gasteiger charge is -2.09. The molecule has 1 aliphatic carbocycles. The minimum Gasteiger partial charge on any atom is -0.243 e. The van der Waals surface area contributed by atoms with Crippen LogP contribution in [0, 0.1) is 0 Å². The summed E-state index contributed by atoms with van der Waals surface area (Å²) in [6.07, 6.45) is 0. The Hall–Kier alpha value is -1.78. The second-order valence-electron chi connectivity index (χ2n) is 7.07. The van der Waals surface area contributed by atoms with Gasteiger partial charge in [0.2, 0.25) is 0 Å². The second kappa shape index (κ2) is 8.53. The zero-order valence-electron chi connectivity index (χ0n) is 15.9. The standard InChI is InChI=1S/C24H10Cl6N2/c25-12-7-16(27)23(17(28)8-12)31-21-14-5-1-3-11-4-2-6-15(20(11)14)22(21)32-24-18(29)9-13(26)10-19(24)30/h1-10H. The first kappa shape index (κ1) is 22.0. The minimum absolute atomic E-state index is 0.333. The lowest BCUT2D eigenvalue weighted by Crippen LogP contribution is -2.10. The third-order valence-corrected chi connectivity index (χ3v) is 6.64. The molecule has 0 N–H and O–H groups in total. The Bertz CT molecular complexity index is 1340. The van der Waals surface area contributed by atoms with E-state index in [1.54, 1.807) is 24.3 Å². The van der Waals surface area contributed by atoms with Crippen LogP contribution < -0.4 is 0 Å². The number of aliphatic imine (C=N–C) groups is 2. The van der Waals surface area contributed by atoms with Crippen molar-refractivity contribution in [1.29, 1.82) is 0 Å². The summed E-state index contributed by atoms with van der Waals surface area (Å²) in [5, 5.41) is 4.26. The third-order valence-electron chi connectivity index (χ3n) is 5.05. The van der Waals surface area contributed by atoms with Crippen LogP contribution in [-0.2, 0) is 0 Å². The molecule has 2 nitrogen and oxygen atoms in total. The molecule has 8 heteroatoms. The number of benzene rings is 4. The molecule has 32 heavy (non-hydrogen) atoms. The Labute approximate surface area is 214 Å². The SMILES string of the molecule is Clc1cc(Cl)c(N=C2C(=Nc3c(Cl)cc(Cl)cc3Cl)c3cccc4cccc2c34)c(Cl)c1. The summed E-state index contributed by atoms with van der Waals surface area (Å²) in [6.45, 7) is 0. The third kappa shape index (κ3) is 3.80. The van der Waals surface area contributed by atoms with Crippen molar-refractivity contribution in [3.63, 3.8) is 0 Å². The monoisotopic (exact) mass is 536 g/mol. The molecule has 1 aliphatic rings. The van der Waals surface area contributed by atoms with Crippen molar-refractivity contribution in [3.05, 3.63) is 102 Å². The lowest BCUT2D eigenvalue weighted by atomic mass is 10.1. The molecule has 0 aromatic heterocycles. The molecular weight excluding hydrogens is 529 g/mol. The highest BCUT2D eigenvalue weighted by Crippen LogP contribution is 2.41. The van der Waals surface area contributed by atoms with Crippen LogP contribution in [-0.4, -0.2) is 11.4 Å². The van der Waals surface area contributed by atoms with Gasteiger partial charge in [-0.2, -0.15) is 0 Å².